The van der Waals surface area contributed by atoms with Crippen molar-refractivity contribution < 1.29 is 5.11 Å². The summed E-state index contributed by atoms with van der Waals surface area (Å²) in [7, 11) is 0. The van der Waals surface area contributed by atoms with Crippen molar-refractivity contribution in [1.82, 2.24) is 0 Å². The normalized spacial score (nSPS) is 11.8. The van der Waals surface area contributed by atoms with Crippen LogP contribution in [-0.2, 0) is 0 Å². The molecule has 0 amide bonds. The molecule has 13 heavy (non-hydrogen) atoms. The Hall–Kier alpha value is -1.03. The van der Waals surface area contributed by atoms with Gasteiger partial charge in [-0.3, -0.25) is 0 Å². The molecule has 1 N–H and O–H groups in total. The number of nitrogens with zero attached hydrogens (tertiary/aromatic N) is 3. The summed E-state index contributed by atoms with van der Waals surface area (Å²) in [4.78, 5) is 2.67. The highest BCUT2D eigenvalue weighted by Crippen LogP contribution is 2.25. The molecule has 0 saturated heterocycles. The molecule has 0 saturated carbocycles. The Morgan fingerprint density at radius 3 is 2.77 bits per heavy atom. The molecule has 1 aromatic rings. The fourth-order valence-electron chi connectivity index (χ4n) is 1.00. The Morgan fingerprint density at radius 2 is 2.23 bits per heavy atom. The van der Waals surface area contributed by atoms with Crippen LogP contribution in [0.5, 0.6) is 0 Å². The maximum atomic E-state index is 8.95. The topological polar surface area (TPSA) is 69.0 Å². The Balaban J connectivity index is 3.04. The van der Waals surface area contributed by atoms with Crippen LogP contribution in [0, 0.1) is 0 Å². The summed E-state index contributed by atoms with van der Waals surface area (Å²) < 4.78 is 0.835. The number of aliphatic hydroxyl groups excluding tert-OH is 1. The zero-order valence-corrected chi connectivity index (χ0v) is 8.35. The third-order valence-corrected chi connectivity index (χ3v) is 2.35. The second-order valence-corrected chi connectivity index (χ2v) is 3.28. The van der Waals surface area contributed by atoms with E-state index in [0.29, 0.717) is 0 Å². The third-order valence-electron chi connectivity index (χ3n) is 1.63. The Kier molecular flexibility index (Phi) is 3.76. The van der Waals surface area contributed by atoms with Gasteiger partial charge in [-0.25, -0.2) is 0 Å². The molecular weight excluding hydrogens is 234 g/mol. The molecule has 0 aliphatic rings. The second-order valence-electron chi connectivity index (χ2n) is 2.42. The first-order valence-corrected chi connectivity index (χ1v) is 4.48. The van der Waals surface area contributed by atoms with Crippen LogP contribution in [-0.4, -0.2) is 11.7 Å². The number of halogens is 1. The summed E-state index contributed by atoms with van der Waals surface area (Å²) in [5, 5.41) is 12.4. The molecule has 0 aliphatic carbocycles. The monoisotopic (exact) mass is 241 g/mol. The first kappa shape index (κ1) is 10.1. The van der Waals surface area contributed by atoms with Gasteiger partial charge in [0.15, 0.2) is 0 Å². The van der Waals surface area contributed by atoms with Crippen LogP contribution < -0.4 is 0 Å². The van der Waals surface area contributed by atoms with Gasteiger partial charge in [-0.05, 0) is 17.2 Å². The summed E-state index contributed by atoms with van der Waals surface area (Å²) in [5.41, 5.74) is 9.05. The Labute approximate surface area is 84.0 Å². The van der Waals surface area contributed by atoms with E-state index in [0.717, 1.165) is 10.0 Å². The molecule has 5 heteroatoms. The Morgan fingerprint density at radius 1 is 1.54 bits per heavy atom. The molecule has 0 radical (unpaired) electrons. The number of rotatable bonds is 3. The Bertz CT molecular complexity index is 336. The molecule has 1 atom stereocenters. The summed E-state index contributed by atoms with van der Waals surface area (Å²) in [6.45, 7) is -0.188. The van der Waals surface area contributed by atoms with Crippen molar-refractivity contribution >= 4 is 15.9 Å². The molecule has 0 aromatic heterocycles. The molecule has 4 nitrogen and oxygen atoms in total. The van der Waals surface area contributed by atoms with E-state index in [1.54, 1.807) is 6.07 Å². The highest BCUT2D eigenvalue weighted by atomic mass is 79.9. The van der Waals surface area contributed by atoms with E-state index in [1.165, 1.54) is 0 Å². The molecule has 0 fully saturated rings. The zero-order chi connectivity index (χ0) is 9.68. The van der Waals surface area contributed by atoms with Gasteiger partial charge in [0.2, 0.25) is 0 Å². The van der Waals surface area contributed by atoms with Gasteiger partial charge in [0.25, 0.3) is 0 Å². The van der Waals surface area contributed by atoms with Gasteiger partial charge in [-0.15, -0.1) is 0 Å². The molecular formula is C8H8BrN3O. The molecule has 0 heterocycles. The van der Waals surface area contributed by atoms with Crippen molar-refractivity contribution in [1.29, 1.82) is 0 Å². The van der Waals surface area contributed by atoms with E-state index >= 15 is 0 Å². The van der Waals surface area contributed by atoms with Crippen molar-refractivity contribution in [2.45, 2.75) is 6.04 Å². The summed E-state index contributed by atoms with van der Waals surface area (Å²) in [6, 6.07) is 6.82. The lowest BCUT2D eigenvalue weighted by atomic mass is 10.1. The van der Waals surface area contributed by atoms with Crippen molar-refractivity contribution in [2.24, 2.45) is 5.11 Å². The molecule has 68 valence electrons. The molecule has 0 unspecified atom stereocenters. The predicted molar refractivity (Wildman–Crippen MR) is 53.1 cm³/mol. The van der Waals surface area contributed by atoms with Crippen LogP contribution >= 0.6 is 15.9 Å². The molecule has 0 spiro atoms. The van der Waals surface area contributed by atoms with Crippen LogP contribution in [0.15, 0.2) is 33.9 Å². The lowest BCUT2D eigenvalue weighted by Gasteiger charge is -2.09. The van der Waals surface area contributed by atoms with Gasteiger partial charge < -0.3 is 5.11 Å². The van der Waals surface area contributed by atoms with Crippen LogP contribution in [0.1, 0.15) is 11.6 Å². The minimum absolute atomic E-state index is 0.188. The summed E-state index contributed by atoms with van der Waals surface area (Å²) >= 11 is 3.31. The maximum Gasteiger partial charge on any atom is 0.0867 e. The SMILES string of the molecule is [N-]=[N+]=N[C@@H](CO)c1ccccc1Br. The fraction of sp³-hybridized carbons (Fsp3) is 0.250. The van der Waals surface area contributed by atoms with Gasteiger partial charge in [0.1, 0.15) is 0 Å². The maximum absolute atomic E-state index is 8.95. The first-order valence-electron chi connectivity index (χ1n) is 3.69. The fourth-order valence-corrected chi connectivity index (χ4v) is 1.55. The number of aliphatic hydroxyl groups is 1. The van der Waals surface area contributed by atoms with Crippen molar-refractivity contribution in [3.05, 3.63) is 44.7 Å². The third kappa shape index (κ3) is 2.45. The van der Waals surface area contributed by atoms with E-state index in [2.05, 4.69) is 26.0 Å². The van der Waals surface area contributed by atoms with Crippen LogP contribution in [0.2, 0.25) is 0 Å². The first-order chi connectivity index (χ1) is 6.29. The largest absolute Gasteiger partial charge is 0.396 e. The minimum Gasteiger partial charge on any atom is -0.396 e. The number of hydrogen-bond donors (Lipinski definition) is 1. The van der Waals surface area contributed by atoms with Gasteiger partial charge in [0, 0.05) is 9.38 Å². The van der Waals surface area contributed by atoms with Crippen LogP contribution in [0.3, 0.4) is 0 Å². The number of hydrogen-bond acceptors (Lipinski definition) is 2. The van der Waals surface area contributed by atoms with Crippen LogP contribution in [0.25, 0.3) is 10.4 Å². The second kappa shape index (κ2) is 4.87. The van der Waals surface area contributed by atoms with E-state index in [9.17, 15) is 0 Å². The van der Waals surface area contributed by atoms with Gasteiger partial charge in [0.05, 0.1) is 12.6 Å². The molecule has 0 aliphatic heterocycles. The average molecular weight is 242 g/mol. The van der Waals surface area contributed by atoms with E-state index in [1.807, 2.05) is 18.2 Å². The highest BCUT2D eigenvalue weighted by molar-refractivity contribution is 9.10. The van der Waals surface area contributed by atoms with Gasteiger partial charge in [-0.1, -0.05) is 39.2 Å². The number of benzene rings is 1. The summed E-state index contributed by atoms with van der Waals surface area (Å²) in [5.74, 6) is 0. The molecule has 0 bridgehead atoms. The molecule has 1 aromatic carbocycles. The van der Waals surface area contributed by atoms with E-state index < -0.39 is 6.04 Å². The van der Waals surface area contributed by atoms with E-state index in [-0.39, 0.29) is 6.61 Å². The lowest BCUT2D eigenvalue weighted by Crippen LogP contribution is -2.00. The van der Waals surface area contributed by atoms with E-state index in [4.69, 9.17) is 10.6 Å². The smallest absolute Gasteiger partial charge is 0.0867 e. The van der Waals surface area contributed by atoms with Gasteiger partial charge >= 0.3 is 0 Å². The van der Waals surface area contributed by atoms with Crippen molar-refractivity contribution in [2.75, 3.05) is 6.61 Å². The molecule has 1 rings (SSSR count). The quantitative estimate of drug-likeness (QED) is 0.494. The minimum atomic E-state index is -0.513. The zero-order valence-electron chi connectivity index (χ0n) is 6.76. The highest BCUT2D eigenvalue weighted by Gasteiger charge is 2.10. The predicted octanol–water partition coefficient (Wildman–Crippen LogP) is 2.79. The summed E-state index contributed by atoms with van der Waals surface area (Å²) in [6.07, 6.45) is 0. The van der Waals surface area contributed by atoms with Crippen molar-refractivity contribution in [3.8, 4) is 0 Å². The van der Waals surface area contributed by atoms with Crippen molar-refractivity contribution in [3.63, 3.8) is 0 Å². The standard InChI is InChI=1S/C8H8BrN3O/c9-7-4-2-1-3-6(7)8(5-13)11-12-10/h1-4,8,13H,5H2/t8-/m0/s1. The number of azide groups is 1. The van der Waals surface area contributed by atoms with Crippen LogP contribution in [0.4, 0.5) is 0 Å². The van der Waals surface area contributed by atoms with Gasteiger partial charge in [-0.2, -0.15) is 0 Å². The lowest BCUT2D eigenvalue weighted by molar-refractivity contribution is 0.267. The average Bonchev–Trinajstić information content (AvgIpc) is 2.16.